The molecule has 0 amide bonds. The van der Waals surface area contributed by atoms with Gasteiger partial charge in [0, 0.05) is 35.1 Å². The highest BCUT2D eigenvalue weighted by molar-refractivity contribution is 6.28. The van der Waals surface area contributed by atoms with Crippen LogP contribution in [-0.2, 0) is 0 Å². The van der Waals surface area contributed by atoms with E-state index in [0.717, 1.165) is 27.8 Å². The number of fused-ring (bicyclic) bond motifs is 1. The number of aromatic amines is 1. The number of nitrogens with one attached hydrogen (secondary N) is 1. The van der Waals surface area contributed by atoms with Crippen LogP contribution in [0.3, 0.4) is 0 Å². The van der Waals surface area contributed by atoms with E-state index >= 15 is 0 Å². The largest absolute Gasteiger partial charge is 0.300 e. The van der Waals surface area contributed by atoms with Gasteiger partial charge in [-0.3, -0.25) is 5.10 Å². The minimum atomic E-state index is 0.232. The van der Waals surface area contributed by atoms with E-state index in [2.05, 4.69) is 32.3 Å². The molecule has 102 valence electrons. The van der Waals surface area contributed by atoms with Crippen molar-refractivity contribution >= 4 is 22.5 Å². The second-order valence-corrected chi connectivity index (χ2v) is 4.94. The molecule has 1 aromatic carbocycles. The second kappa shape index (κ2) is 4.71. The molecule has 0 bridgehead atoms. The SMILES string of the molecule is Clc1nccc(-n2cc(-c3cn[nH]c3)c3ccccc32)n1. The summed E-state index contributed by atoms with van der Waals surface area (Å²) in [5.74, 6) is 0.737. The van der Waals surface area contributed by atoms with Crippen LogP contribution in [0.15, 0.2) is 55.1 Å². The Bertz CT molecular complexity index is 911. The maximum atomic E-state index is 5.90. The van der Waals surface area contributed by atoms with Gasteiger partial charge in [-0.05, 0) is 23.7 Å². The molecule has 3 heterocycles. The van der Waals surface area contributed by atoms with Crippen molar-refractivity contribution in [3.05, 3.63) is 60.4 Å². The maximum Gasteiger partial charge on any atom is 0.224 e. The van der Waals surface area contributed by atoms with Gasteiger partial charge >= 0.3 is 0 Å². The Morgan fingerprint density at radius 3 is 2.86 bits per heavy atom. The molecule has 0 saturated carbocycles. The first-order valence-electron chi connectivity index (χ1n) is 6.41. The summed E-state index contributed by atoms with van der Waals surface area (Å²) in [5, 5.41) is 8.23. The zero-order valence-electron chi connectivity index (χ0n) is 10.9. The van der Waals surface area contributed by atoms with Gasteiger partial charge < -0.3 is 4.57 Å². The average molecular weight is 296 g/mol. The number of H-pyrrole nitrogens is 1. The van der Waals surface area contributed by atoms with Crippen LogP contribution in [0.4, 0.5) is 0 Å². The van der Waals surface area contributed by atoms with Gasteiger partial charge in [-0.2, -0.15) is 10.1 Å². The van der Waals surface area contributed by atoms with Gasteiger partial charge in [0.15, 0.2) is 0 Å². The van der Waals surface area contributed by atoms with Crippen LogP contribution in [0.2, 0.25) is 5.28 Å². The van der Waals surface area contributed by atoms with E-state index in [0.29, 0.717) is 0 Å². The normalized spacial score (nSPS) is 11.1. The van der Waals surface area contributed by atoms with Gasteiger partial charge in [0.05, 0.1) is 11.7 Å². The predicted octanol–water partition coefficient (Wildman–Crippen LogP) is 3.46. The molecular weight excluding hydrogens is 286 g/mol. The molecule has 0 fully saturated rings. The molecule has 0 atom stereocenters. The molecule has 0 spiro atoms. The van der Waals surface area contributed by atoms with E-state index in [1.165, 1.54) is 0 Å². The Morgan fingerprint density at radius 1 is 1.14 bits per heavy atom. The lowest BCUT2D eigenvalue weighted by Crippen LogP contribution is -1.96. The Hall–Kier alpha value is -2.66. The molecular formula is C15H10ClN5. The van der Waals surface area contributed by atoms with Crippen LogP contribution in [-0.4, -0.2) is 24.7 Å². The van der Waals surface area contributed by atoms with Crippen molar-refractivity contribution in [2.24, 2.45) is 0 Å². The lowest BCUT2D eigenvalue weighted by atomic mass is 10.1. The highest BCUT2D eigenvalue weighted by atomic mass is 35.5. The van der Waals surface area contributed by atoms with E-state index in [9.17, 15) is 0 Å². The monoisotopic (exact) mass is 295 g/mol. The molecule has 4 rings (SSSR count). The van der Waals surface area contributed by atoms with E-state index in [1.54, 1.807) is 12.4 Å². The summed E-state index contributed by atoms with van der Waals surface area (Å²) in [4.78, 5) is 8.21. The van der Waals surface area contributed by atoms with E-state index in [4.69, 9.17) is 11.6 Å². The minimum Gasteiger partial charge on any atom is -0.300 e. The van der Waals surface area contributed by atoms with E-state index in [-0.39, 0.29) is 5.28 Å². The van der Waals surface area contributed by atoms with Gasteiger partial charge in [-0.25, -0.2) is 4.98 Å². The third-order valence-electron chi connectivity index (χ3n) is 3.38. The van der Waals surface area contributed by atoms with Gasteiger partial charge in [-0.1, -0.05) is 18.2 Å². The van der Waals surface area contributed by atoms with Gasteiger partial charge in [0.25, 0.3) is 0 Å². The van der Waals surface area contributed by atoms with Gasteiger partial charge in [0.2, 0.25) is 5.28 Å². The number of nitrogens with zero attached hydrogens (tertiary/aromatic N) is 4. The molecule has 6 heteroatoms. The Labute approximate surface area is 125 Å². The zero-order valence-corrected chi connectivity index (χ0v) is 11.6. The van der Waals surface area contributed by atoms with Gasteiger partial charge in [0.1, 0.15) is 5.82 Å². The summed E-state index contributed by atoms with van der Waals surface area (Å²) < 4.78 is 2.01. The van der Waals surface area contributed by atoms with Crippen molar-refractivity contribution in [2.45, 2.75) is 0 Å². The summed E-state index contributed by atoms with van der Waals surface area (Å²) in [6.07, 6.45) is 7.36. The van der Waals surface area contributed by atoms with Crippen molar-refractivity contribution in [1.29, 1.82) is 0 Å². The molecule has 0 aliphatic heterocycles. The topological polar surface area (TPSA) is 59.4 Å². The quantitative estimate of drug-likeness (QED) is 0.576. The summed E-state index contributed by atoms with van der Waals surface area (Å²) in [6.45, 7) is 0. The standard InChI is InChI=1S/C15H10ClN5/c16-15-17-6-5-14(20-15)21-9-12(10-7-18-19-8-10)11-3-1-2-4-13(11)21/h1-9H,(H,18,19). The number of aromatic nitrogens is 5. The third-order valence-corrected chi connectivity index (χ3v) is 3.56. The zero-order chi connectivity index (χ0) is 14.2. The number of rotatable bonds is 2. The number of hydrogen-bond acceptors (Lipinski definition) is 3. The highest BCUT2D eigenvalue weighted by Crippen LogP contribution is 2.31. The molecule has 4 aromatic rings. The Morgan fingerprint density at radius 2 is 2.05 bits per heavy atom. The van der Waals surface area contributed by atoms with Crippen LogP contribution in [0.25, 0.3) is 27.8 Å². The molecule has 0 aliphatic rings. The van der Waals surface area contributed by atoms with Crippen molar-refractivity contribution < 1.29 is 0 Å². The summed E-state index contributed by atoms with van der Waals surface area (Å²) >= 11 is 5.90. The van der Waals surface area contributed by atoms with E-state index < -0.39 is 0 Å². The molecule has 0 radical (unpaired) electrons. The van der Waals surface area contributed by atoms with Crippen LogP contribution in [0.5, 0.6) is 0 Å². The number of benzene rings is 1. The average Bonchev–Trinajstić information content (AvgIpc) is 3.14. The molecule has 1 N–H and O–H groups in total. The fourth-order valence-corrected chi connectivity index (χ4v) is 2.60. The van der Waals surface area contributed by atoms with E-state index in [1.807, 2.05) is 35.2 Å². The first kappa shape index (κ1) is 12.1. The summed E-state index contributed by atoms with van der Waals surface area (Å²) in [6, 6.07) is 9.98. The number of para-hydroxylation sites is 1. The molecule has 0 unspecified atom stereocenters. The number of hydrogen-bond donors (Lipinski definition) is 1. The van der Waals surface area contributed by atoms with Crippen molar-refractivity contribution in [1.82, 2.24) is 24.7 Å². The minimum absolute atomic E-state index is 0.232. The molecule has 5 nitrogen and oxygen atoms in total. The first-order valence-corrected chi connectivity index (χ1v) is 6.79. The lowest BCUT2D eigenvalue weighted by molar-refractivity contribution is 1.01. The maximum absolute atomic E-state index is 5.90. The predicted molar refractivity (Wildman–Crippen MR) is 81.5 cm³/mol. The molecule has 0 aliphatic carbocycles. The van der Waals surface area contributed by atoms with Crippen LogP contribution in [0, 0.1) is 0 Å². The number of halogens is 1. The first-order chi connectivity index (χ1) is 10.3. The summed E-state index contributed by atoms with van der Waals surface area (Å²) in [5.41, 5.74) is 3.18. The molecule has 3 aromatic heterocycles. The highest BCUT2D eigenvalue weighted by Gasteiger charge is 2.12. The lowest BCUT2D eigenvalue weighted by Gasteiger charge is -2.03. The third kappa shape index (κ3) is 1.98. The van der Waals surface area contributed by atoms with Crippen LogP contribution < -0.4 is 0 Å². The Balaban J connectivity index is 2.02. The van der Waals surface area contributed by atoms with Crippen LogP contribution >= 0.6 is 11.6 Å². The second-order valence-electron chi connectivity index (χ2n) is 4.60. The Kier molecular flexibility index (Phi) is 2.72. The van der Waals surface area contributed by atoms with Crippen molar-refractivity contribution in [3.63, 3.8) is 0 Å². The smallest absolute Gasteiger partial charge is 0.224 e. The molecule has 0 saturated heterocycles. The fraction of sp³-hybridized carbons (Fsp3) is 0. The van der Waals surface area contributed by atoms with Crippen molar-refractivity contribution in [3.8, 4) is 16.9 Å². The molecule has 21 heavy (non-hydrogen) atoms. The van der Waals surface area contributed by atoms with Gasteiger partial charge in [-0.15, -0.1) is 0 Å². The van der Waals surface area contributed by atoms with Crippen molar-refractivity contribution in [2.75, 3.05) is 0 Å². The van der Waals surface area contributed by atoms with Crippen LogP contribution in [0.1, 0.15) is 0 Å². The summed E-state index contributed by atoms with van der Waals surface area (Å²) in [7, 11) is 0. The fourth-order valence-electron chi connectivity index (χ4n) is 2.46.